The quantitative estimate of drug-likeness (QED) is 0.713. The molecule has 1 fully saturated rings. The molecule has 0 aromatic heterocycles. The molecule has 0 saturated carbocycles. The Labute approximate surface area is 156 Å². The minimum absolute atomic E-state index is 0.152. The molecule has 25 heavy (non-hydrogen) atoms. The van der Waals surface area contributed by atoms with E-state index in [1.807, 2.05) is 0 Å². The normalized spacial score (nSPS) is 16.0. The van der Waals surface area contributed by atoms with Crippen LogP contribution in [0.2, 0.25) is 10.0 Å². The van der Waals surface area contributed by atoms with Gasteiger partial charge in [-0.05, 0) is 43.2 Å². The second-order valence-corrected chi connectivity index (χ2v) is 8.48. The first kappa shape index (κ1) is 18.5. The van der Waals surface area contributed by atoms with Crippen LogP contribution in [0.3, 0.4) is 0 Å². The fourth-order valence-corrected chi connectivity index (χ4v) is 4.69. The molecular formula is C17H16Cl2FNO3S. The zero-order chi connectivity index (χ0) is 18.0. The van der Waals surface area contributed by atoms with E-state index in [9.17, 15) is 12.8 Å². The van der Waals surface area contributed by atoms with E-state index in [1.54, 1.807) is 12.1 Å². The van der Waals surface area contributed by atoms with Crippen molar-refractivity contribution in [2.75, 3.05) is 13.1 Å². The molecule has 1 saturated heterocycles. The van der Waals surface area contributed by atoms with E-state index in [0.717, 1.165) is 25.3 Å². The number of nitrogens with zero attached hydrogens (tertiary/aromatic N) is 1. The molecule has 1 aliphatic heterocycles. The van der Waals surface area contributed by atoms with Gasteiger partial charge in [-0.3, -0.25) is 0 Å². The molecule has 2 aromatic carbocycles. The molecule has 0 unspecified atom stereocenters. The summed E-state index contributed by atoms with van der Waals surface area (Å²) in [7, 11) is -3.84. The summed E-state index contributed by atoms with van der Waals surface area (Å²) in [6.45, 7) is 0.834. The second-order valence-electron chi connectivity index (χ2n) is 5.73. The molecule has 1 aliphatic rings. The molecule has 134 valence electrons. The van der Waals surface area contributed by atoms with Gasteiger partial charge in [0.25, 0.3) is 0 Å². The van der Waals surface area contributed by atoms with Gasteiger partial charge in [-0.15, -0.1) is 0 Å². The third kappa shape index (κ3) is 4.08. The second kappa shape index (κ2) is 7.50. The van der Waals surface area contributed by atoms with E-state index >= 15 is 0 Å². The molecule has 0 radical (unpaired) electrons. The first-order valence-corrected chi connectivity index (χ1v) is 10.00. The number of hydrogen-bond donors (Lipinski definition) is 0. The largest absolute Gasteiger partial charge is 0.456 e. The van der Waals surface area contributed by atoms with Crippen molar-refractivity contribution >= 4 is 33.2 Å². The van der Waals surface area contributed by atoms with Crippen LogP contribution in [0.5, 0.6) is 11.5 Å². The van der Waals surface area contributed by atoms with Gasteiger partial charge in [-0.25, -0.2) is 12.8 Å². The lowest BCUT2D eigenvalue weighted by Gasteiger charge is -2.26. The zero-order valence-electron chi connectivity index (χ0n) is 13.2. The van der Waals surface area contributed by atoms with Gasteiger partial charge in [-0.2, -0.15) is 4.31 Å². The highest BCUT2D eigenvalue weighted by molar-refractivity contribution is 7.89. The van der Waals surface area contributed by atoms with E-state index in [4.69, 9.17) is 27.9 Å². The summed E-state index contributed by atoms with van der Waals surface area (Å²) in [5, 5.41) is 0.726. The Bertz CT molecular complexity index is 883. The molecule has 1 heterocycles. The van der Waals surface area contributed by atoms with Crippen LogP contribution < -0.4 is 4.74 Å². The van der Waals surface area contributed by atoms with Gasteiger partial charge < -0.3 is 4.74 Å². The van der Waals surface area contributed by atoms with Gasteiger partial charge in [0.1, 0.15) is 22.2 Å². The van der Waals surface area contributed by atoms with Crippen molar-refractivity contribution in [3.8, 4) is 11.5 Å². The van der Waals surface area contributed by atoms with E-state index in [1.165, 1.54) is 22.5 Å². The fourth-order valence-electron chi connectivity index (χ4n) is 2.68. The maximum atomic E-state index is 14.4. The molecule has 0 amide bonds. The number of ether oxygens (including phenoxy) is 1. The number of benzene rings is 2. The highest BCUT2D eigenvalue weighted by Crippen LogP contribution is 2.33. The van der Waals surface area contributed by atoms with Crippen LogP contribution in [0.4, 0.5) is 4.39 Å². The average Bonchev–Trinajstić information content (AvgIpc) is 2.58. The first-order chi connectivity index (χ1) is 11.9. The lowest BCUT2D eigenvalue weighted by Crippen LogP contribution is -2.36. The average molecular weight is 404 g/mol. The van der Waals surface area contributed by atoms with Gasteiger partial charge in [0.2, 0.25) is 10.0 Å². The number of hydrogen-bond acceptors (Lipinski definition) is 3. The molecule has 2 aromatic rings. The molecule has 3 rings (SSSR count). The minimum atomic E-state index is -3.84. The molecule has 8 heteroatoms. The van der Waals surface area contributed by atoms with E-state index < -0.39 is 15.8 Å². The fraction of sp³-hybridized carbons (Fsp3) is 0.294. The third-order valence-corrected chi connectivity index (χ3v) is 6.42. The molecular weight excluding hydrogens is 388 g/mol. The van der Waals surface area contributed by atoms with Gasteiger partial charge in [-0.1, -0.05) is 29.6 Å². The van der Waals surface area contributed by atoms with Crippen molar-refractivity contribution in [1.82, 2.24) is 4.31 Å². The molecule has 4 nitrogen and oxygen atoms in total. The van der Waals surface area contributed by atoms with Crippen molar-refractivity contribution in [3.05, 3.63) is 52.3 Å². The Balaban J connectivity index is 1.85. The maximum Gasteiger partial charge on any atom is 0.245 e. The van der Waals surface area contributed by atoms with Crippen molar-refractivity contribution in [2.45, 2.75) is 24.2 Å². The SMILES string of the molecule is O=S(=O)(c1ccc(Oc2ccc(Cl)cc2Cl)cc1F)N1CCCCC1. The topological polar surface area (TPSA) is 46.6 Å². The summed E-state index contributed by atoms with van der Waals surface area (Å²) in [5.74, 6) is -0.399. The van der Waals surface area contributed by atoms with Gasteiger partial charge >= 0.3 is 0 Å². The molecule has 0 atom stereocenters. The van der Waals surface area contributed by atoms with Crippen molar-refractivity contribution in [2.24, 2.45) is 0 Å². The molecule has 0 aliphatic carbocycles. The summed E-state index contributed by atoms with van der Waals surface area (Å²) < 4.78 is 46.4. The van der Waals surface area contributed by atoms with E-state index in [0.29, 0.717) is 23.9 Å². The Morgan fingerprint density at radius 1 is 1.00 bits per heavy atom. The predicted molar refractivity (Wildman–Crippen MR) is 95.5 cm³/mol. The van der Waals surface area contributed by atoms with Crippen LogP contribution in [0.1, 0.15) is 19.3 Å². The zero-order valence-corrected chi connectivity index (χ0v) is 15.5. The van der Waals surface area contributed by atoms with Gasteiger partial charge in [0.05, 0.1) is 5.02 Å². The number of piperidine rings is 1. The van der Waals surface area contributed by atoms with Crippen LogP contribution in [-0.4, -0.2) is 25.8 Å². The number of halogens is 3. The van der Waals surface area contributed by atoms with Crippen LogP contribution in [0, 0.1) is 5.82 Å². The summed E-state index contributed by atoms with van der Waals surface area (Å²) in [6, 6.07) is 8.32. The van der Waals surface area contributed by atoms with Crippen molar-refractivity contribution < 1.29 is 17.5 Å². The summed E-state index contributed by atoms with van der Waals surface area (Å²) in [4.78, 5) is -0.344. The highest BCUT2D eigenvalue weighted by Gasteiger charge is 2.28. The number of rotatable bonds is 4. The Morgan fingerprint density at radius 3 is 2.36 bits per heavy atom. The van der Waals surface area contributed by atoms with Crippen molar-refractivity contribution in [1.29, 1.82) is 0 Å². The maximum absolute atomic E-state index is 14.4. The predicted octanol–water partition coefficient (Wildman–Crippen LogP) is 5.10. The first-order valence-electron chi connectivity index (χ1n) is 7.80. The van der Waals surface area contributed by atoms with Crippen molar-refractivity contribution in [3.63, 3.8) is 0 Å². The summed E-state index contributed by atoms with van der Waals surface area (Å²) in [6.07, 6.45) is 2.57. The smallest absolute Gasteiger partial charge is 0.245 e. The van der Waals surface area contributed by atoms with Gasteiger partial charge in [0.15, 0.2) is 0 Å². The lowest BCUT2D eigenvalue weighted by molar-refractivity contribution is 0.345. The number of sulfonamides is 1. The molecule has 0 bridgehead atoms. The van der Waals surface area contributed by atoms with Crippen LogP contribution in [-0.2, 0) is 10.0 Å². The Kier molecular flexibility index (Phi) is 5.53. The van der Waals surface area contributed by atoms with Gasteiger partial charge in [0, 0.05) is 24.2 Å². The molecule has 0 spiro atoms. The monoisotopic (exact) mass is 403 g/mol. The summed E-state index contributed by atoms with van der Waals surface area (Å²) in [5.41, 5.74) is 0. The summed E-state index contributed by atoms with van der Waals surface area (Å²) >= 11 is 11.8. The van der Waals surface area contributed by atoms with Crippen LogP contribution in [0.15, 0.2) is 41.3 Å². The van der Waals surface area contributed by atoms with E-state index in [-0.39, 0.29) is 15.7 Å². The van der Waals surface area contributed by atoms with E-state index in [2.05, 4.69) is 0 Å². The lowest BCUT2D eigenvalue weighted by atomic mass is 10.2. The third-order valence-electron chi connectivity index (χ3n) is 3.96. The highest BCUT2D eigenvalue weighted by atomic mass is 35.5. The Morgan fingerprint density at radius 2 is 1.72 bits per heavy atom. The standard InChI is InChI=1S/C17H16Cl2FNO3S/c18-12-4-6-16(14(19)10-12)24-13-5-7-17(15(20)11-13)25(22,23)21-8-2-1-3-9-21/h4-7,10-11H,1-3,8-9H2. The molecule has 0 N–H and O–H groups in total. The minimum Gasteiger partial charge on any atom is -0.456 e. The van der Waals surface area contributed by atoms with Crippen LogP contribution in [0.25, 0.3) is 0 Å². The Hall–Kier alpha value is -1.34. The van der Waals surface area contributed by atoms with Crippen LogP contribution >= 0.6 is 23.2 Å².